The zero-order valence-corrected chi connectivity index (χ0v) is 31.7. The van der Waals surface area contributed by atoms with E-state index in [2.05, 4.69) is 41.9 Å². The van der Waals surface area contributed by atoms with Gasteiger partial charge in [0.05, 0.1) is 31.5 Å². The molecule has 15 N–H and O–H groups in total. The van der Waals surface area contributed by atoms with Crippen LogP contribution in [0.2, 0.25) is 0 Å². The maximum atomic E-state index is 13.4. The molecule has 1 aromatic heterocycles. The van der Waals surface area contributed by atoms with E-state index in [9.17, 15) is 63.6 Å². The number of rotatable bonds is 25. The van der Waals surface area contributed by atoms with E-state index in [0.717, 1.165) is 6.92 Å². The molecule has 8 atom stereocenters. The van der Waals surface area contributed by atoms with Crippen LogP contribution < -0.4 is 43.4 Å². The average molecular weight is 799 g/mol. The minimum atomic E-state index is -1.85. The Kier molecular flexibility index (Phi) is 20.1. The van der Waals surface area contributed by atoms with Gasteiger partial charge in [0.25, 0.3) is 0 Å². The van der Waals surface area contributed by atoms with Crippen molar-refractivity contribution in [2.75, 3.05) is 6.61 Å². The van der Waals surface area contributed by atoms with E-state index in [4.69, 9.17) is 11.5 Å². The molecule has 0 unspecified atom stereocenters. The second kappa shape index (κ2) is 23.3. The number of aliphatic carboxylic acids is 2. The van der Waals surface area contributed by atoms with Gasteiger partial charge in [0, 0.05) is 24.7 Å². The van der Waals surface area contributed by atoms with Crippen LogP contribution >= 0.6 is 0 Å². The summed E-state index contributed by atoms with van der Waals surface area (Å²) < 4.78 is 0. The van der Waals surface area contributed by atoms with Crippen molar-refractivity contribution >= 4 is 53.3 Å². The van der Waals surface area contributed by atoms with E-state index in [1.807, 2.05) is 0 Å². The van der Waals surface area contributed by atoms with E-state index in [1.54, 1.807) is 27.7 Å². The van der Waals surface area contributed by atoms with E-state index in [-0.39, 0.29) is 24.7 Å². The maximum absolute atomic E-state index is 13.4. The van der Waals surface area contributed by atoms with Crippen LogP contribution in [0.1, 0.15) is 66.0 Å². The highest BCUT2D eigenvalue weighted by Gasteiger charge is 2.36. The zero-order valence-electron chi connectivity index (χ0n) is 31.7. The van der Waals surface area contributed by atoms with Gasteiger partial charge < -0.3 is 68.8 Å². The van der Waals surface area contributed by atoms with Gasteiger partial charge in [0.15, 0.2) is 0 Å². The van der Waals surface area contributed by atoms with Crippen molar-refractivity contribution in [3.05, 3.63) is 18.2 Å². The average Bonchev–Trinajstić information content (AvgIpc) is 3.62. The number of hydrogen-bond acceptors (Lipinski definition) is 13. The number of hydrogen-bond donors (Lipinski definition) is 13. The molecule has 0 spiro atoms. The van der Waals surface area contributed by atoms with Crippen LogP contribution in [-0.2, 0) is 49.6 Å². The summed E-state index contributed by atoms with van der Waals surface area (Å²) >= 11 is 0. The highest BCUT2D eigenvalue weighted by molar-refractivity contribution is 5.98. The molecule has 1 heterocycles. The number of carboxylic acid groups (broad SMARTS) is 2. The first-order chi connectivity index (χ1) is 26.1. The number of aliphatic hydroxyl groups is 2. The molecule has 7 amide bonds. The number of carboxylic acids is 2. The number of imidazole rings is 1. The Morgan fingerprint density at radius 2 is 1.25 bits per heavy atom. The summed E-state index contributed by atoms with van der Waals surface area (Å²) in [7, 11) is 0. The molecule has 314 valence electrons. The van der Waals surface area contributed by atoms with E-state index < -0.39 is 128 Å². The Morgan fingerprint density at radius 1 is 0.732 bits per heavy atom. The molecule has 0 aliphatic rings. The SMILES string of the molecule is CC(C)C[C@H](NC(=O)[C@H](CC(=O)O)NC(=O)[C@@H](N)C(C)C)C(=O)N[C@@H](CO)C(=O)N[C@H](C(=O)N[C@@H](CCC(N)=O)C(=O)N[C@@H](Cc1cnc[nH]1)C(=O)O)[C@@H](C)O. The fraction of sp³-hybridized carbons (Fsp3) is 0.636. The smallest absolute Gasteiger partial charge is 0.326 e. The molecule has 0 fully saturated rings. The number of carbonyl (C=O) groups is 9. The van der Waals surface area contributed by atoms with Gasteiger partial charge >= 0.3 is 11.9 Å². The standard InChI is InChI=1S/C33H54N10O13/c1-14(2)8-19(39-29(51)20(10-24(47)48)40-31(53)25(35)15(3)4)28(50)42-22(12-44)30(52)43-26(16(5)45)32(54)38-18(6-7-23(34)46)27(49)41-21(33(55)56)9-17-11-36-13-37-17/h11,13-16,18-22,25-26,44-45H,6-10,12,35H2,1-5H3,(H2,34,46)(H,36,37)(H,38,54)(H,39,51)(H,40,53)(H,41,49)(H,42,50)(H,43,52)(H,47,48)(H,55,56)/t16-,18+,19+,20+,21+,22+,25+,26+/m1/s1. The number of H-pyrrole nitrogens is 1. The van der Waals surface area contributed by atoms with Crippen LogP contribution in [-0.4, -0.2) is 139 Å². The van der Waals surface area contributed by atoms with Gasteiger partial charge in [-0.1, -0.05) is 27.7 Å². The lowest BCUT2D eigenvalue weighted by Gasteiger charge is -2.28. The normalized spacial score (nSPS) is 15.5. The number of nitrogens with two attached hydrogens (primary N) is 2. The van der Waals surface area contributed by atoms with Crippen molar-refractivity contribution < 1.29 is 63.6 Å². The molecule has 0 radical (unpaired) electrons. The third-order valence-electron chi connectivity index (χ3n) is 8.16. The highest BCUT2D eigenvalue weighted by Crippen LogP contribution is 2.09. The van der Waals surface area contributed by atoms with Gasteiger partial charge in [-0.3, -0.25) is 38.4 Å². The minimum absolute atomic E-state index is 0.0608. The van der Waals surface area contributed by atoms with Crippen molar-refractivity contribution in [2.45, 2.75) is 115 Å². The van der Waals surface area contributed by atoms with Gasteiger partial charge in [-0.15, -0.1) is 0 Å². The van der Waals surface area contributed by atoms with Crippen LogP contribution in [0.5, 0.6) is 0 Å². The Morgan fingerprint density at radius 3 is 1.73 bits per heavy atom. The summed E-state index contributed by atoms with van der Waals surface area (Å²) in [5.41, 5.74) is 11.4. The molecule has 1 aromatic rings. The summed E-state index contributed by atoms with van der Waals surface area (Å²) in [6.45, 7) is 6.67. The number of nitrogens with one attached hydrogen (secondary N) is 7. The van der Waals surface area contributed by atoms with Crippen LogP contribution in [0, 0.1) is 11.8 Å². The number of carbonyl (C=O) groups excluding carboxylic acids is 7. The van der Waals surface area contributed by atoms with Gasteiger partial charge in [-0.25, -0.2) is 9.78 Å². The molecule has 0 aliphatic carbocycles. The van der Waals surface area contributed by atoms with Crippen LogP contribution in [0.3, 0.4) is 0 Å². The van der Waals surface area contributed by atoms with E-state index in [1.165, 1.54) is 12.5 Å². The van der Waals surface area contributed by atoms with Crippen LogP contribution in [0.15, 0.2) is 12.5 Å². The summed E-state index contributed by atoms with van der Waals surface area (Å²) in [4.78, 5) is 120. The number of aliphatic hydroxyl groups excluding tert-OH is 2. The molecular weight excluding hydrogens is 744 g/mol. The molecule has 0 aromatic carbocycles. The second-order valence-corrected chi connectivity index (χ2v) is 13.8. The maximum Gasteiger partial charge on any atom is 0.326 e. The quantitative estimate of drug-likeness (QED) is 0.0441. The van der Waals surface area contributed by atoms with Crippen molar-refractivity contribution in [2.24, 2.45) is 23.3 Å². The highest BCUT2D eigenvalue weighted by atomic mass is 16.4. The van der Waals surface area contributed by atoms with Crippen molar-refractivity contribution in [1.29, 1.82) is 0 Å². The number of aromatic amines is 1. The summed E-state index contributed by atoms with van der Waals surface area (Å²) in [5.74, 6) is -10.7. The molecular formula is C33H54N10O13. The molecule has 0 aliphatic heterocycles. The largest absolute Gasteiger partial charge is 0.481 e. The Balaban J connectivity index is 3.18. The molecule has 56 heavy (non-hydrogen) atoms. The molecule has 23 heteroatoms. The fourth-order valence-corrected chi connectivity index (χ4v) is 4.96. The van der Waals surface area contributed by atoms with E-state index in [0.29, 0.717) is 5.69 Å². The van der Waals surface area contributed by atoms with Crippen molar-refractivity contribution in [3.63, 3.8) is 0 Å². The first-order valence-electron chi connectivity index (χ1n) is 17.6. The first-order valence-corrected chi connectivity index (χ1v) is 17.6. The Hall–Kier alpha value is -5.68. The van der Waals surface area contributed by atoms with Gasteiger partial charge in [0.2, 0.25) is 41.4 Å². The molecule has 1 rings (SSSR count). The van der Waals surface area contributed by atoms with Gasteiger partial charge in [-0.2, -0.15) is 0 Å². The third-order valence-corrected chi connectivity index (χ3v) is 8.16. The minimum Gasteiger partial charge on any atom is -0.481 e. The van der Waals surface area contributed by atoms with Crippen LogP contribution in [0.25, 0.3) is 0 Å². The van der Waals surface area contributed by atoms with Gasteiger partial charge in [-0.05, 0) is 31.6 Å². The Bertz CT molecular complexity index is 1540. The zero-order chi connectivity index (χ0) is 42.9. The monoisotopic (exact) mass is 798 g/mol. The molecule has 0 saturated carbocycles. The third kappa shape index (κ3) is 16.8. The second-order valence-electron chi connectivity index (χ2n) is 13.8. The van der Waals surface area contributed by atoms with E-state index >= 15 is 0 Å². The lowest BCUT2D eigenvalue weighted by Crippen LogP contribution is -2.62. The molecule has 0 bridgehead atoms. The molecule has 0 saturated heterocycles. The predicted octanol–water partition coefficient (Wildman–Crippen LogP) is -4.91. The number of amides is 7. The first kappa shape index (κ1) is 48.3. The lowest BCUT2D eigenvalue weighted by atomic mass is 10.0. The van der Waals surface area contributed by atoms with Crippen molar-refractivity contribution in [1.82, 2.24) is 41.9 Å². The lowest BCUT2D eigenvalue weighted by molar-refractivity contribution is -0.142. The van der Waals surface area contributed by atoms with Crippen LogP contribution in [0.4, 0.5) is 0 Å². The molecule has 23 nitrogen and oxygen atoms in total. The number of primary amides is 1. The fourth-order valence-electron chi connectivity index (χ4n) is 4.96. The van der Waals surface area contributed by atoms with Crippen molar-refractivity contribution in [3.8, 4) is 0 Å². The topological polar surface area (TPSA) is 387 Å². The predicted molar refractivity (Wildman–Crippen MR) is 193 cm³/mol. The number of nitrogens with zero attached hydrogens (tertiary/aromatic N) is 1. The summed E-state index contributed by atoms with van der Waals surface area (Å²) in [6, 6.07) is -10.9. The Labute approximate surface area is 321 Å². The summed E-state index contributed by atoms with van der Waals surface area (Å²) in [5, 5.41) is 52.9. The summed E-state index contributed by atoms with van der Waals surface area (Å²) in [6.07, 6.45) is -1.05. The van der Waals surface area contributed by atoms with Gasteiger partial charge in [0.1, 0.15) is 36.3 Å². The number of aromatic nitrogens is 2.